The number of hydrogen-bond acceptors (Lipinski definition) is 6. The van der Waals surface area contributed by atoms with Crippen LogP contribution in [0.25, 0.3) is 0 Å². The summed E-state index contributed by atoms with van der Waals surface area (Å²) in [6.45, 7) is 6.07. The number of rotatable bonds is 40. The molecule has 0 aromatic rings. The van der Waals surface area contributed by atoms with Crippen LogP contribution in [0.5, 0.6) is 0 Å². The van der Waals surface area contributed by atoms with Crippen molar-refractivity contribution in [3.63, 3.8) is 0 Å². The van der Waals surface area contributed by atoms with Gasteiger partial charge in [0, 0.05) is 19.3 Å². The first-order chi connectivity index (χ1) is 32.0. The van der Waals surface area contributed by atoms with Crippen LogP contribution in [0, 0.1) is 0 Å². The largest absolute Gasteiger partial charge is 0.462 e. The molecule has 0 fully saturated rings. The number of carbonyl (C=O) groups is 3. The topological polar surface area (TPSA) is 78.9 Å². The number of carbonyl (C=O) groups excluding carboxylic acids is 3. The molecule has 0 radical (unpaired) electrons. The summed E-state index contributed by atoms with van der Waals surface area (Å²) in [5.41, 5.74) is 0. The van der Waals surface area contributed by atoms with Crippen molar-refractivity contribution < 1.29 is 28.6 Å². The quantitative estimate of drug-likeness (QED) is 0.0264. The Hall–Kier alpha value is -5.49. The number of unbranched alkanes of at least 4 members (excludes halogenated alkanes) is 11. The average Bonchev–Trinajstić information content (AvgIpc) is 3.30. The zero-order chi connectivity index (χ0) is 47.2. The molecule has 0 rings (SSSR count). The highest BCUT2D eigenvalue weighted by Gasteiger charge is 2.19. The average molecular weight is 889 g/mol. The molecule has 0 aromatic carbocycles. The molecular weight excluding hydrogens is 805 g/mol. The van der Waals surface area contributed by atoms with E-state index in [0.717, 1.165) is 96.3 Å². The van der Waals surface area contributed by atoms with Crippen LogP contribution in [0.3, 0.4) is 0 Å². The van der Waals surface area contributed by atoms with Crippen LogP contribution in [-0.2, 0) is 28.6 Å². The predicted molar refractivity (Wildman–Crippen MR) is 278 cm³/mol. The van der Waals surface area contributed by atoms with Gasteiger partial charge in [0.05, 0.1) is 0 Å². The molecule has 1 atom stereocenters. The summed E-state index contributed by atoms with van der Waals surface area (Å²) in [6, 6.07) is 0. The molecule has 65 heavy (non-hydrogen) atoms. The van der Waals surface area contributed by atoms with Crippen molar-refractivity contribution in [2.45, 2.75) is 155 Å². The van der Waals surface area contributed by atoms with Crippen molar-refractivity contribution in [1.29, 1.82) is 0 Å². The summed E-state index contributed by atoms with van der Waals surface area (Å²) >= 11 is 0. The molecule has 0 bridgehead atoms. The third kappa shape index (κ3) is 49.4. The minimum Gasteiger partial charge on any atom is -0.462 e. The summed E-state index contributed by atoms with van der Waals surface area (Å²) in [5.74, 6) is -1.06. The van der Waals surface area contributed by atoms with Crippen LogP contribution in [-0.4, -0.2) is 37.2 Å². The van der Waals surface area contributed by atoms with Crippen LogP contribution in [0.15, 0.2) is 182 Å². The van der Waals surface area contributed by atoms with Crippen molar-refractivity contribution in [3.8, 4) is 0 Å². The summed E-state index contributed by atoms with van der Waals surface area (Å²) in [4.78, 5) is 37.9. The molecule has 0 aliphatic carbocycles. The molecule has 0 amide bonds. The molecule has 0 aliphatic rings. The second-order valence-corrected chi connectivity index (χ2v) is 15.2. The molecule has 0 aliphatic heterocycles. The van der Waals surface area contributed by atoms with E-state index in [4.69, 9.17) is 14.2 Å². The molecule has 0 saturated carbocycles. The highest BCUT2D eigenvalue weighted by molar-refractivity contribution is 5.71. The van der Waals surface area contributed by atoms with Gasteiger partial charge in [0.25, 0.3) is 0 Å². The molecule has 0 saturated heterocycles. The zero-order valence-corrected chi connectivity index (χ0v) is 40.4. The minimum atomic E-state index is -0.839. The van der Waals surface area contributed by atoms with Crippen LogP contribution in [0.4, 0.5) is 0 Å². The van der Waals surface area contributed by atoms with E-state index in [2.05, 4.69) is 75.5 Å². The fraction of sp³-hybridized carbons (Fsp3) is 0.441. The molecule has 0 N–H and O–H groups in total. The lowest BCUT2D eigenvalue weighted by Crippen LogP contribution is -2.30. The Balaban J connectivity index is 4.65. The third-order valence-electron chi connectivity index (χ3n) is 9.27. The van der Waals surface area contributed by atoms with Crippen molar-refractivity contribution in [3.05, 3.63) is 182 Å². The van der Waals surface area contributed by atoms with Crippen molar-refractivity contribution >= 4 is 17.9 Å². The van der Waals surface area contributed by atoms with Gasteiger partial charge in [-0.2, -0.15) is 0 Å². The van der Waals surface area contributed by atoms with Gasteiger partial charge in [0.2, 0.25) is 0 Å². The lowest BCUT2D eigenvalue weighted by atomic mass is 10.1. The Morgan fingerprint density at radius 2 is 0.554 bits per heavy atom. The standard InChI is InChI=1S/C59H84O6/c1-4-7-10-13-16-19-22-25-27-28-29-30-32-34-37-40-43-46-49-52-58(61)64-55-56(54-63-57(60)51-48-45-42-39-36-33-24-21-18-15-12-9-6-3)65-59(62)53-50-47-44-41-38-35-31-26-23-20-17-14-11-8-5-2/h7-32,34-35,37-38,56H,4-6,33,36,39-55H2,1-3H3/b10-7-,11-8-,12-9-,16-13-,17-14-,18-15-,22-19-,23-20-,24-21-,27-25-,29-28+,31-26-,32-30-,37-34-,38-35-. The normalized spacial score (nSPS) is 13.7. The first kappa shape index (κ1) is 59.5. The highest BCUT2D eigenvalue weighted by atomic mass is 16.6. The smallest absolute Gasteiger partial charge is 0.306 e. The van der Waals surface area contributed by atoms with Gasteiger partial charge in [-0.15, -0.1) is 0 Å². The number of allylic oxidation sites excluding steroid dienone is 30. The molecule has 0 spiro atoms. The fourth-order valence-electron chi connectivity index (χ4n) is 5.68. The van der Waals surface area contributed by atoms with Gasteiger partial charge in [0.1, 0.15) is 13.2 Å². The summed E-state index contributed by atoms with van der Waals surface area (Å²) in [7, 11) is 0. The lowest BCUT2D eigenvalue weighted by molar-refractivity contribution is -0.167. The van der Waals surface area contributed by atoms with Gasteiger partial charge >= 0.3 is 17.9 Å². The van der Waals surface area contributed by atoms with Crippen LogP contribution in [0.2, 0.25) is 0 Å². The van der Waals surface area contributed by atoms with E-state index in [1.54, 1.807) is 0 Å². The highest BCUT2D eigenvalue weighted by Crippen LogP contribution is 2.11. The van der Waals surface area contributed by atoms with E-state index in [1.807, 2.05) is 128 Å². The number of esters is 3. The van der Waals surface area contributed by atoms with Crippen LogP contribution < -0.4 is 0 Å². The Morgan fingerprint density at radius 1 is 0.308 bits per heavy atom. The van der Waals surface area contributed by atoms with Crippen LogP contribution >= 0.6 is 0 Å². The van der Waals surface area contributed by atoms with Gasteiger partial charge in [-0.05, 0) is 77.0 Å². The SMILES string of the molecule is CC\C=C/C=C\C=C/C=C\C=C/CCCCCC(=O)OC(COC(=O)CCCCC\C=C/C=C\C=C\C=C/C=C\C=C/C=C\CC)COC(=O)CCCCCCC\C=C/C=C\C=C/CC. The first-order valence-electron chi connectivity index (χ1n) is 24.5. The van der Waals surface area contributed by atoms with E-state index in [9.17, 15) is 14.4 Å². The number of ether oxygens (including phenoxy) is 3. The Labute approximate surface area is 395 Å². The maximum Gasteiger partial charge on any atom is 0.306 e. The fourth-order valence-corrected chi connectivity index (χ4v) is 5.68. The maximum absolute atomic E-state index is 12.8. The van der Waals surface area contributed by atoms with Gasteiger partial charge in [-0.1, -0.05) is 235 Å². The summed E-state index contributed by atoms with van der Waals surface area (Å²) in [6.07, 6.45) is 77.2. The maximum atomic E-state index is 12.8. The lowest BCUT2D eigenvalue weighted by Gasteiger charge is -2.18. The van der Waals surface area contributed by atoms with E-state index < -0.39 is 6.10 Å². The first-order valence-corrected chi connectivity index (χ1v) is 24.5. The Morgan fingerprint density at radius 3 is 0.877 bits per heavy atom. The molecule has 6 heteroatoms. The molecule has 356 valence electrons. The Bertz CT molecular complexity index is 1630. The van der Waals surface area contributed by atoms with Gasteiger partial charge in [0.15, 0.2) is 6.10 Å². The van der Waals surface area contributed by atoms with Gasteiger partial charge < -0.3 is 14.2 Å². The molecular formula is C59H84O6. The van der Waals surface area contributed by atoms with E-state index in [1.165, 1.54) is 0 Å². The van der Waals surface area contributed by atoms with Gasteiger partial charge in [-0.3, -0.25) is 14.4 Å². The monoisotopic (exact) mass is 889 g/mol. The van der Waals surface area contributed by atoms with E-state index >= 15 is 0 Å². The number of hydrogen-bond donors (Lipinski definition) is 0. The third-order valence-corrected chi connectivity index (χ3v) is 9.27. The summed E-state index contributed by atoms with van der Waals surface area (Å²) in [5, 5.41) is 0. The van der Waals surface area contributed by atoms with Crippen molar-refractivity contribution in [2.75, 3.05) is 13.2 Å². The van der Waals surface area contributed by atoms with Crippen LogP contribution in [0.1, 0.15) is 149 Å². The second-order valence-electron chi connectivity index (χ2n) is 15.2. The molecule has 1 unspecified atom stereocenters. The minimum absolute atomic E-state index is 0.133. The van der Waals surface area contributed by atoms with E-state index in [-0.39, 0.29) is 44.0 Å². The molecule has 0 aromatic heterocycles. The van der Waals surface area contributed by atoms with Gasteiger partial charge in [-0.25, -0.2) is 0 Å². The summed E-state index contributed by atoms with van der Waals surface area (Å²) < 4.78 is 16.7. The molecule has 0 heterocycles. The van der Waals surface area contributed by atoms with Crippen molar-refractivity contribution in [1.82, 2.24) is 0 Å². The molecule has 6 nitrogen and oxygen atoms in total. The van der Waals surface area contributed by atoms with E-state index in [0.29, 0.717) is 19.3 Å². The predicted octanol–water partition coefficient (Wildman–Crippen LogP) is 16.2. The second kappa shape index (κ2) is 51.1. The Kier molecular flexibility index (Phi) is 46.8. The van der Waals surface area contributed by atoms with Crippen molar-refractivity contribution in [2.24, 2.45) is 0 Å². The zero-order valence-electron chi connectivity index (χ0n) is 40.4.